The van der Waals surface area contributed by atoms with Crippen LogP contribution in [0.5, 0.6) is 0 Å². The van der Waals surface area contributed by atoms with Crippen LogP contribution in [0.4, 0.5) is 0 Å². The van der Waals surface area contributed by atoms with Gasteiger partial charge in [-0.3, -0.25) is 0 Å². The number of aliphatic imine (C=N–C) groups is 1. The molecular formula is C46H31N3O. The summed E-state index contributed by atoms with van der Waals surface area (Å²) in [6, 6.07) is 59.7. The second kappa shape index (κ2) is 11.5. The molecule has 0 aliphatic carbocycles. The first kappa shape index (κ1) is 28.4. The molecule has 0 amide bonds. The number of amidine groups is 1. The Hall–Kier alpha value is -6.65. The normalized spacial score (nSPS) is 14.6. The van der Waals surface area contributed by atoms with E-state index in [9.17, 15) is 0 Å². The van der Waals surface area contributed by atoms with Crippen molar-refractivity contribution in [3.05, 3.63) is 193 Å². The van der Waals surface area contributed by atoms with Gasteiger partial charge in [-0.25, -0.2) is 4.99 Å². The number of rotatable bonds is 5. The molecule has 2 aromatic heterocycles. The van der Waals surface area contributed by atoms with Gasteiger partial charge in [0.2, 0.25) is 0 Å². The molecule has 1 atom stereocenters. The molecule has 4 nitrogen and oxygen atoms in total. The van der Waals surface area contributed by atoms with E-state index in [1.807, 2.05) is 6.07 Å². The van der Waals surface area contributed by atoms with Gasteiger partial charge in [0.05, 0.1) is 33.8 Å². The molecular weight excluding hydrogens is 611 g/mol. The van der Waals surface area contributed by atoms with E-state index < -0.39 is 0 Å². The quantitative estimate of drug-likeness (QED) is 0.203. The Morgan fingerprint density at radius 2 is 1.12 bits per heavy atom. The van der Waals surface area contributed by atoms with E-state index in [0.717, 1.165) is 50.3 Å². The minimum Gasteiger partial charge on any atom is -0.456 e. The number of furan rings is 1. The van der Waals surface area contributed by atoms with Gasteiger partial charge in [-0.05, 0) is 64.7 Å². The third kappa shape index (κ3) is 4.65. The van der Waals surface area contributed by atoms with E-state index in [1.165, 1.54) is 38.5 Å². The second-order valence-corrected chi connectivity index (χ2v) is 12.8. The van der Waals surface area contributed by atoms with Crippen LogP contribution in [0.3, 0.4) is 0 Å². The van der Waals surface area contributed by atoms with E-state index in [2.05, 4.69) is 180 Å². The largest absolute Gasteiger partial charge is 0.456 e. The predicted molar refractivity (Wildman–Crippen MR) is 207 cm³/mol. The SMILES string of the molecule is C1=C(c2ccc(-c3ccccc3)cc2)N=C(c2ccc3c(c2)oc2cccc(-n4c5ccccc5c5ccccc54)c23)NC1c1ccccc1. The highest BCUT2D eigenvalue weighted by Crippen LogP contribution is 2.39. The van der Waals surface area contributed by atoms with E-state index in [4.69, 9.17) is 9.41 Å². The highest BCUT2D eigenvalue weighted by atomic mass is 16.3. The number of para-hydroxylation sites is 2. The maximum Gasteiger partial charge on any atom is 0.137 e. The molecule has 9 aromatic rings. The van der Waals surface area contributed by atoms with Crippen LogP contribution in [0.15, 0.2) is 185 Å². The Bertz CT molecular complexity index is 2720. The van der Waals surface area contributed by atoms with Crippen LogP contribution in [-0.4, -0.2) is 10.4 Å². The highest BCUT2D eigenvalue weighted by Gasteiger charge is 2.22. The van der Waals surface area contributed by atoms with Crippen molar-refractivity contribution in [1.29, 1.82) is 0 Å². The van der Waals surface area contributed by atoms with Crippen LogP contribution in [0, 0.1) is 0 Å². The lowest BCUT2D eigenvalue weighted by Crippen LogP contribution is -2.31. The van der Waals surface area contributed by atoms with Gasteiger partial charge < -0.3 is 14.3 Å². The molecule has 50 heavy (non-hydrogen) atoms. The first-order valence-electron chi connectivity index (χ1n) is 17.0. The van der Waals surface area contributed by atoms with Gasteiger partial charge in [0.25, 0.3) is 0 Å². The summed E-state index contributed by atoms with van der Waals surface area (Å²) < 4.78 is 8.98. The molecule has 1 aliphatic heterocycles. The summed E-state index contributed by atoms with van der Waals surface area (Å²) in [5.74, 6) is 0.813. The highest BCUT2D eigenvalue weighted by molar-refractivity contribution is 6.15. The minimum absolute atomic E-state index is 0.0409. The molecule has 1 unspecified atom stereocenters. The molecule has 7 aromatic carbocycles. The number of nitrogens with zero attached hydrogens (tertiary/aromatic N) is 2. The van der Waals surface area contributed by atoms with Crippen molar-refractivity contribution in [2.75, 3.05) is 0 Å². The molecule has 0 fully saturated rings. The third-order valence-electron chi connectivity index (χ3n) is 9.87. The lowest BCUT2D eigenvalue weighted by molar-refractivity contribution is 0.668. The summed E-state index contributed by atoms with van der Waals surface area (Å²) in [6.45, 7) is 0. The first-order chi connectivity index (χ1) is 24.8. The number of benzene rings is 7. The van der Waals surface area contributed by atoms with Crippen LogP contribution >= 0.6 is 0 Å². The molecule has 0 saturated carbocycles. The third-order valence-corrected chi connectivity index (χ3v) is 9.87. The maximum atomic E-state index is 6.61. The average molecular weight is 642 g/mol. The maximum absolute atomic E-state index is 6.61. The van der Waals surface area contributed by atoms with Crippen LogP contribution in [-0.2, 0) is 0 Å². The summed E-state index contributed by atoms with van der Waals surface area (Å²) in [5.41, 5.74) is 11.7. The van der Waals surface area contributed by atoms with Crippen molar-refractivity contribution >= 4 is 55.3 Å². The summed E-state index contributed by atoms with van der Waals surface area (Å²) in [6.07, 6.45) is 2.22. The molecule has 0 spiro atoms. The fourth-order valence-electron chi connectivity index (χ4n) is 7.47. The molecule has 3 heterocycles. The van der Waals surface area contributed by atoms with Crippen molar-refractivity contribution in [3.8, 4) is 16.8 Å². The van der Waals surface area contributed by atoms with Crippen LogP contribution in [0.25, 0.3) is 66.3 Å². The number of fused-ring (bicyclic) bond motifs is 6. The zero-order chi connectivity index (χ0) is 33.0. The van der Waals surface area contributed by atoms with Crippen LogP contribution in [0.1, 0.15) is 22.7 Å². The lowest BCUT2D eigenvalue weighted by Gasteiger charge is -2.24. The van der Waals surface area contributed by atoms with Gasteiger partial charge in [-0.2, -0.15) is 0 Å². The van der Waals surface area contributed by atoms with Gasteiger partial charge in [-0.1, -0.05) is 133 Å². The van der Waals surface area contributed by atoms with Crippen molar-refractivity contribution in [2.45, 2.75) is 6.04 Å². The lowest BCUT2D eigenvalue weighted by atomic mass is 9.98. The Morgan fingerprint density at radius 3 is 1.86 bits per heavy atom. The van der Waals surface area contributed by atoms with Gasteiger partial charge in [0, 0.05) is 21.7 Å². The van der Waals surface area contributed by atoms with Crippen molar-refractivity contribution in [3.63, 3.8) is 0 Å². The molecule has 1 N–H and O–H groups in total. The van der Waals surface area contributed by atoms with E-state index in [0.29, 0.717) is 0 Å². The number of nitrogens with one attached hydrogen (secondary N) is 1. The monoisotopic (exact) mass is 641 g/mol. The Kier molecular flexibility index (Phi) is 6.53. The minimum atomic E-state index is -0.0409. The average Bonchev–Trinajstić information content (AvgIpc) is 3.74. The van der Waals surface area contributed by atoms with Crippen molar-refractivity contribution in [2.24, 2.45) is 4.99 Å². The van der Waals surface area contributed by atoms with Crippen molar-refractivity contribution in [1.82, 2.24) is 9.88 Å². The van der Waals surface area contributed by atoms with Gasteiger partial charge >= 0.3 is 0 Å². The second-order valence-electron chi connectivity index (χ2n) is 12.8. The van der Waals surface area contributed by atoms with E-state index in [1.54, 1.807) is 0 Å². The Balaban J connectivity index is 1.09. The van der Waals surface area contributed by atoms with Crippen LogP contribution in [0.2, 0.25) is 0 Å². The molecule has 10 rings (SSSR count). The summed E-state index contributed by atoms with van der Waals surface area (Å²) in [4.78, 5) is 5.21. The standard InChI is InChI=1S/C46H31N3O/c1-3-12-30(13-4-1)31-22-24-33(25-23-31)39-29-38(32-14-5-2-6-15-32)47-46(48-39)34-26-27-37-44(28-34)50-43-21-11-20-42(45(37)43)49-40-18-9-7-16-35(40)36-17-8-10-19-41(36)49/h1-29,38H,(H,47,48). The summed E-state index contributed by atoms with van der Waals surface area (Å²) in [7, 11) is 0. The Morgan fingerprint density at radius 1 is 0.500 bits per heavy atom. The Labute approximate surface area is 289 Å². The molecule has 0 saturated heterocycles. The number of hydrogen-bond donors (Lipinski definition) is 1. The smallest absolute Gasteiger partial charge is 0.137 e. The van der Waals surface area contributed by atoms with Crippen molar-refractivity contribution < 1.29 is 4.42 Å². The summed E-state index contributed by atoms with van der Waals surface area (Å²) >= 11 is 0. The number of hydrogen-bond acceptors (Lipinski definition) is 3. The van der Waals surface area contributed by atoms with Gasteiger partial charge in [0.15, 0.2) is 0 Å². The van der Waals surface area contributed by atoms with E-state index in [-0.39, 0.29) is 6.04 Å². The van der Waals surface area contributed by atoms with Gasteiger partial charge in [-0.15, -0.1) is 0 Å². The van der Waals surface area contributed by atoms with E-state index >= 15 is 0 Å². The molecule has 236 valence electrons. The topological polar surface area (TPSA) is 42.5 Å². The number of aromatic nitrogens is 1. The molecule has 0 bridgehead atoms. The van der Waals surface area contributed by atoms with Crippen LogP contribution < -0.4 is 5.32 Å². The zero-order valence-electron chi connectivity index (χ0n) is 27.1. The zero-order valence-corrected chi connectivity index (χ0v) is 27.1. The summed E-state index contributed by atoms with van der Waals surface area (Å²) in [5, 5.41) is 8.37. The molecule has 0 radical (unpaired) electrons. The predicted octanol–water partition coefficient (Wildman–Crippen LogP) is 11.5. The molecule has 1 aliphatic rings. The molecule has 4 heteroatoms. The first-order valence-corrected chi connectivity index (χ1v) is 17.0. The van der Waals surface area contributed by atoms with Gasteiger partial charge in [0.1, 0.15) is 17.0 Å². The fourth-order valence-corrected chi connectivity index (χ4v) is 7.47. The fraction of sp³-hybridized carbons (Fsp3) is 0.0217.